The molecule has 2 rings (SSSR count). The molecule has 2 aromatic rings. The first-order valence-corrected chi connectivity index (χ1v) is 5.18. The summed E-state index contributed by atoms with van der Waals surface area (Å²) < 4.78 is 0. The number of aromatic nitrogens is 2. The Morgan fingerprint density at radius 2 is 2.11 bits per heavy atom. The molecule has 0 amide bonds. The average Bonchev–Trinajstić information content (AvgIpc) is 2.37. The molecule has 0 aliphatic heterocycles. The van der Waals surface area contributed by atoms with E-state index in [9.17, 15) is 14.9 Å². The van der Waals surface area contributed by atoms with Crippen molar-refractivity contribution in [1.82, 2.24) is 9.97 Å². The minimum Gasteiger partial charge on any atom is -0.367 e. The summed E-state index contributed by atoms with van der Waals surface area (Å²) in [6.07, 6.45) is 1.36. The molecule has 1 heterocycles. The van der Waals surface area contributed by atoms with Crippen LogP contribution in [-0.4, -0.2) is 14.9 Å². The van der Waals surface area contributed by atoms with Crippen molar-refractivity contribution in [2.75, 3.05) is 5.32 Å². The lowest BCUT2D eigenvalue weighted by Crippen LogP contribution is -2.12. The molecular formula is C11H10N4O3. The normalized spacial score (nSPS) is 10.0. The number of nitro benzene ring substituents is 1. The van der Waals surface area contributed by atoms with Crippen molar-refractivity contribution in [2.24, 2.45) is 0 Å². The number of nitro groups is 1. The number of hydrogen-bond acceptors (Lipinski definition) is 5. The quantitative estimate of drug-likeness (QED) is 0.625. The van der Waals surface area contributed by atoms with Gasteiger partial charge in [0.2, 0.25) is 0 Å². The Morgan fingerprint density at radius 3 is 2.83 bits per heavy atom. The minimum absolute atomic E-state index is 0.0430. The molecule has 0 bridgehead atoms. The van der Waals surface area contributed by atoms with Crippen molar-refractivity contribution in [1.29, 1.82) is 0 Å². The van der Waals surface area contributed by atoms with E-state index in [4.69, 9.17) is 0 Å². The Hall–Kier alpha value is -2.70. The van der Waals surface area contributed by atoms with Crippen molar-refractivity contribution in [3.63, 3.8) is 0 Å². The number of nitrogens with zero attached hydrogens (tertiary/aromatic N) is 2. The van der Waals surface area contributed by atoms with Gasteiger partial charge in [0.25, 0.3) is 5.69 Å². The van der Waals surface area contributed by atoms with Crippen LogP contribution >= 0.6 is 0 Å². The van der Waals surface area contributed by atoms with Crippen LogP contribution in [0.5, 0.6) is 0 Å². The maximum Gasteiger partial charge on any atom is 0.346 e. The molecule has 1 aromatic carbocycles. The van der Waals surface area contributed by atoms with Crippen LogP contribution in [0.1, 0.15) is 5.56 Å². The van der Waals surface area contributed by atoms with E-state index >= 15 is 0 Å². The molecule has 0 radical (unpaired) electrons. The van der Waals surface area contributed by atoms with Gasteiger partial charge in [-0.1, -0.05) is 18.2 Å². The Bertz CT molecular complexity index is 623. The van der Waals surface area contributed by atoms with E-state index in [1.165, 1.54) is 12.3 Å². The Labute approximate surface area is 102 Å². The van der Waals surface area contributed by atoms with Crippen molar-refractivity contribution in [2.45, 2.75) is 6.54 Å². The van der Waals surface area contributed by atoms with E-state index in [-0.39, 0.29) is 12.2 Å². The molecule has 0 aliphatic rings. The Balaban J connectivity index is 2.16. The molecule has 0 saturated heterocycles. The number of benzene rings is 1. The van der Waals surface area contributed by atoms with Crippen molar-refractivity contribution in [3.8, 4) is 0 Å². The van der Waals surface area contributed by atoms with Gasteiger partial charge in [0.1, 0.15) is 5.82 Å². The summed E-state index contributed by atoms with van der Waals surface area (Å²) in [5.74, 6) is 0.466. The van der Waals surface area contributed by atoms with E-state index in [1.54, 1.807) is 24.3 Å². The lowest BCUT2D eigenvalue weighted by molar-refractivity contribution is -0.385. The molecule has 0 unspecified atom stereocenters. The van der Waals surface area contributed by atoms with Crippen LogP contribution in [-0.2, 0) is 6.54 Å². The van der Waals surface area contributed by atoms with Crippen LogP contribution < -0.4 is 11.0 Å². The number of aromatic amines is 1. The summed E-state index contributed by atoms with van der Waals surface area (Å²) in [5, 5.41) is 13.7. The summed E-state index contributed by atoms with van der Waals surface area (Å²) in [4.78, 5) is 27.3. The van der Waals surface area contributed by atoms with Gasteiger partial charge >= 0.3 is 5.69 Å². The first kappa shape index (κ1) is 11.8. The van der Waals surface area contributed by atoms with Gasteiger partial charge in [-0.05, 0) is 6.07 Å². The fraction of sp³-hybridized carbons (Fsp3) is 0.0909. The summed E-state index contributed by atoms with van der Waals surface area (Å²) in [7, 11) is 0. The molecule has 18 heavy (non-hydrogen) atoms. The zero-order chi connectivity index (χ0) is 13.0. The fourth-order valence-electron chi connectivity index (χ4n) is 1.50. The third-order valence-corrected chi connectivity index (χ3v) is 2.33. The summed E-state index contributed by atoms with van der Waals surface area (Å²) in [5.41, 5.74) is 0.115. The summed E-state index contributed by atoms with van der Waals surface area (Å²) in [6, 6.07) is 8.00. The van der Waals surface area contributed by atoms with Crippen molar-refractivity contribution >= 4 is 11.5 Å². The highest BCUT2D eigenvalue weighted by molar-refractivity contribution is 5.43. The summed E-state index contributed by atoms with van der Waals surface area (Å²) >= 11 is 0. The minimum atomic E-state index is -0.470. The van der Waals surface area contributed by atoms with Gasteiger partial charge in [0.15, 0.2) is 0 Å². The number of hydrogen-bond donors (Lipinski definition) is 2. The zero-order valence-electron chi connectivity index (χ0n) is 9.29. The van der Waals surface area contributed by atoms with Gasteiger partial charge in [0, 0.05) is 24.4 Å². The number of rotatable bonds is 4. The van der Waals surface area contributed by atoms with Crippen molar-refractivity contribution in [3.05, 3.63) is 62.7 Å². The molecule has 0 spiro atoms. The van der Waals surface area contributed by atoms with Gasteiger partial charge in [0.05, 0.1) is 4.92 Å². The predicted octanol–water partition coefficient (Wildman–Crippen LogP) is 1.29. The van der Waals surface area contributed by atoms with E-state index in [0.717, 1.165) is 0 Å². The van der Waals surface area contributed by atoms with Gasteiger partial charge in [-0.2, -0.15) is 0 Å². The van der Waals surface area contributed by atoms with Crippen LogP contribution in [0, 0.1) is 10.1 Å². The van der Waals surface area contributed by atoms with Gasteiger partial charge in [-0.25, -0.2) is 9.78 Å². The molecule has 0 atom stereocenters. The topological polar surface area (TPSA) is 101 Å². The lowest BCUT2D eigenvalue weighted by Gasteiger charge is -2.05. The maximum atomic E-state index is 11.0. The third-order valence-electron chi connectivity index (χ3n) is 2.33. The number of anilines is 1. The van der Waals surface area contributed by atoms with Crippen molar-refractivity contribution < 1.29 is 4.92 Å². The Morgan fingerprint density at radius 1 is 1.33 bits per heavy atom. The lowest BCUT2D eigenvalue weighted by atomic mass is 10.2. The first-order chi connectivity index (χ1) is 8.66. The molecular weight excluding hydrogens is 236 g/mol. The SMILES string of the molecule is O=c1nccc(NCc2ccccc2[N+](=O)[O-])[nH]1. The monoisotopic (exact) mass is 246 g/mol. The summed E-state index contributed by atoms with van der Waals surface area (Å²) in [6.45, 7) is 0.247. The molecule has 1 aromatic heterocycles. The standard InChI is InChI=1S/C11H10N4O3/c16-11-12-6-5-10(14-11)13-7-8-3-1-2-4-9(8)15(17)18/h1-6H,7H2,(H2,12,13,14,16). The second-order valence-electron chi connectivity index (χ2n) is 3.53. The maximum absolute atomic E-state index is 11.0. The average molecular weight is 246 g/mol. The largest absolute Gasteiger partial charge is 0.367 e. The van der Waals surface area contributed by atoms with Crippen LogP contribution in [0.3, 0.4) is 0 Å². The van der Waals surface area contributed by atoms with Crippen LogP contribution in [0.2, 0.25) is 0 Å². The zero-order valence-corrected chi connectivity index (χ0v) is 9.29. The van der Waals surface area contributed by atoms with Crippen LogP contribution in [0.25, 0.3) is 0 Å². The van der Waals surface area contributed by atoms with E-state index < -0.39 is 10.6 Å². The molecule has 0 saturated carbocycles. The second-order valence-corrected chi connectivity index (χ2v) is 3.53. The highest BCUT2D eigenvalue weighted by Gasteiger charge is 2.11. The van der Waals surface area contributed by atoms with E-state index in [2.05, 4.69) is 15.3 Å². The Kier molecular flexibility index (Phi) is 3.33. The van der Waals surface area contributed by atoms with Gasteiger partial charge in [-0.15, -0.1) is 0 Å². The number of H-pyrrole nitrogens is 1. The highest BCUT2D eigenvalue weighted by Crippen LogP contribution is 2.18. The molecule has 2 N–H and O–H groups in total. The van der Waals surface area contributed by atoms with E-state index in [1.807, 2.05) is 0 Å². The van der Waals surface area contributed by atoms with Gasteiger partial charge in [-0.3, -0.25) is 15.1 Å². The molecule has 7 nitrogen and oxygen atoms in total. The van der Waals surface area contributed by atoms with E-state index in [0.29, 0.717) is 11.4 Å². The molecule has 0 aliphatic carbocycles. The first-order valence-electron chi connectivity index (χ1n) is 5.18. The second kappa shape index (κ2) is 5.09. The predicted molar refractivity (Wildman–Crippen MR) is 65.3 cm³/mol. The number of para-hydroxylation sites is 1. The van der Waals surface area contributed by atoms with Crippen LogP contribution in [0.15, 0.2) is 41.3 Å². The van der Waals surface area contributed by atoms with Crippen LogP contribution in [0.4, 0.5) is 11.5 Å². The smallest absolute Gasteiger partial charge is 0.346 e. The molecule has 7 heteroatoms. The molecule has 92 valence electrons. The fourth-order valence-corrected chi connectivity index (χ4v) is 1.50. The highest BCUT2D eigenvalue weighted by atomic mass is 16.6. The number of nitrogens with one attached hydrogen (secondary N) is 2. The third kappa shape index (κ3) is 2.70. The van der Waals surface area contributed by atoms with Gasteiger partial charge < -0.3 is 5.32 Å². The molecule has 0 fully saturated rings.